The number of aliphatic hydroxyl groups is 1. The summed E-state index contributed by atoms with van der Waals surface area (Å²) in [6.07, 6.45) is 0.600. The van der Waals surface area contributed by atoms with Gasteiger partial charge in [0.1, 0.15) is 0 Å². The number of hydrogen-bond donors (Lipinski definition) is 3. The maximum Gasteiger partial charge on any atom is 0.0459 e. The predicted octanol–water partition coefficient (Wildman–Crippen LogP) is 2.28. The van der Waals surface area contributed by atoms with Crippen molar-refractivity contribution in [3.8, 4) is 0 Å². The Labute approximate surface area is 101 Å². The van der Waals surface area contributed by atoms with Gasteiger partial charge in [0.2, 0.25) is 0 Å². The van der Waals surface area contributed by atoms with Gasteiger partial charge in [-0.25, -0.2) is 0 Å². The Morgan fingerprint density at radius 2 is 2.06 bits per heavy atom. The molecule has 88 valence electrons. The van der Waals surface area contributed by atoms with Gasteiger partial charge in [-0.3, -0.25) is 0 Å². The summed E-state index contributed by atoms with van der Waals surface area (Å²) in [5.41, 5.74) is 9.37. The van der Waals surface area contributed by atoms with Gasteiger partial charge in [-0.05, 0) is 25.0 Å². The van der Waals surface area contributed by atoms with Crippen LogP contribution < -0.4 is 5.73 Å². The summed E-state index contributed by atoms with van der Waals surface area (Å²) in [4.78, 5) is 3.30. The SMILES string of the molecule is Cc1[nH]c2ccccc2c1[C@H](N)CCO.Cl. The molecule has 0 aliphatic heterocycles. The Kier molecular flexibility index (Phi) is 4.35. The van der Waals surface area contributed by atoms with Gasteiger partial charge < -0.3 is 15.8 Å². The number of aromatic nitrogens is 1. The highest BCUT2D eigenvalue weighted by molar-refractivity contribution is 5.85. The fourth-order valence-electron chi connectivity index (χ4n) is 2.06. The molecule has 0 amide bonds. The van der Waals surface area contributed by atoms with Crippen LogP contribution in [-0.2, 0) is 0 Å². The zero-order chi connectivity index (χ0) is 10.8. The number of nitrogens with two attached hydrogens (primary N) is 1. The minimum absolute atomic E-state index is 0. The van der Waals surface area contributed by atoms with Gasteiger partial charge in [-0.2, -0.15) is 0 Å². The average molecular weight is 241 g/mol. The molecule has 0 aliphatic carbocycles. The number of aliphatic hydroxyl groups excluding tert-OH is 1. The van der Waals surface area contributed by atoms with Crippen molar-refractivity contribution < 1.29 is 5.11 Å². The monoisotopic (exact) mass is 240 g/mol. The maximum atomic E-state index is 8.91. The topological polar surface area (TPSA) is 62.0 Å². The Morgan fingerprint density at radius 3 is 2.75 bits per heavy atom. The number of para-hydroxylation sites is 1. The van der Waals surface area contributed by atoms with E-state index in [1.807, 2.05) is 25.1 Å². The summed E-state index contributed by atoms with van der Waals surface area (Å²) in [5.74, 6) is 0. The second-order valence-corrected chi connectivity index (χ2v) is 3.83. The van der Waals surface area contributed by atoms with E-state index in [0.717, 1.165) is 22.2 Å². The van der Waals surface area contributed by atoms with Gasteiger partial charge in [0.05, 0.1) is 0 Å². The number of aryl methyl sites for hydroxylation is 1. The smallest absolute Gasteiger partial charge is 0.0459 e. The van der Waals surface area contributed by atoms with Crippen LogP contribution >= 0.6 is 12.4 Å². The number of hydrogen-bond acceptors (Lipinski definition) is 2. The van der Waals surface area contributed by atoms with Gasteiger partial charge in [-0.1, -0.05) is 18.2 Å². The third-order valence-corrected chi connectivity index (χ3v) is 2.75. The minimum Gasteiger partial charge on any atom is -0.396 e. The molecule has 1 heterocycles. The van der Waals surface area contributed by atoms with E-state index in [4.69, 9.17) is 10.8 Å². The van der Waals surface area contributed by atoms with Gasteiger partial charge in [0.25, 0.3) is 0 Å². The fraction of sp³-hybridized carbons (Fsp3) is 0.333. The Bertz CT molecular complexity index is 467. The summed E-state index contributed by atoms with van der Waals surface area (Å²) in [6, 6.07) is 8.01. The lowest BCUT2D eigenvalue weighted by molar-refractivity contribution is 0.276. The molecule has 0 aliphatic rings. The highest BCUT2D eigenvalue weighted by Crippen LogP contribution is 2.27. The maximum absolute atomic E-state index is 8.91. The summed E-state index contributed by atoms with van der Waals surface area (Å²) in [5, 5.41) is 10.1. The largest absolute Gasteiger partial charge is 0.396 e. The fourth-order valence-corrected chi connectivity index (χ4v) is 2.06. The molecule has 4 N–H and O–H groups in total. The van der Waals surface area contributed by atoms with Crippen molar-refractivity contribution >= 4 is 23.3 Å². The number of halogens is 1. The first-order valence-electron chi connectivity index (χ1n) is 5.17. The lowest BCUT2D eigenvalue weighted by Crippen LogP contribution is -2.12. The van der Waals surface area contributed by atoms with Gasteiger partial charge >= 0.3 is 0 Å². The van der Waals surface area contributed by atoms with Crippen molar-refractivity contribution in [3.63, 3.8) is 0 Å². The van der Waals surface area contributed by atoms with E-state index in [2.05, 4.69) is 11.1 Å². The van der Waals surface area contributed by atoms with Crippen molar-refractivity contribution in [2.24, 2.45) is 5.73 Å². The first-order valence-corrected chi connectivity index (χ1v) is 5.17. The summed E-state index contributed by atoms with van der Waals surface area (Å²) < 4.78 is 0. The molecule has 1 aromatic carbocycles. The molecule has 0 saturated heterocycles. The van der Waals surface area contributed by atoms with Gasteiger partial charge in [-0.15, -0.1) is 12.4 Å². The highest BCUT2D eigenvalue weighted by atomic mass is 35.5. The highest BCUT2D eigenvalue weighted by Gasteiger charge is 2.14. The van der Waals surface area contributed by atoms with E-state index in [0.29, 0.717) is 6.42 Å². The number of rotatable bonds is 3. The number of aromatic amines is 1. The molecular formula is C12H17ClN2O. The average Bonchev–Trinajstić information content (AvgIpc) is 2.54. The van der Waals surface area contributed by atoms with Crippen LogP contribution in [0.15, 0.2) is 24.3 Å². The van der Waals surface area contributed by atoms with Crippen molar-refractivity contribution in [1.29, 1.82) is 0 Å². The third kappa shape index (κ3) is 2.21. The Morgan fingerprint density at radius 1 is 1.38 bits per heavy atom. The standard InChI is InChI=1S/C12H16N2O.ClH/c1-8-12(10(13)6-7-15)9-4-2-3-5-11(9)14-8;/h2-5,10,14-15H,6-7,13H2,1H3;1H/t10-;/m1./s1. The molecular weight excluding hydrogens is 224 g/mol. The molecule has 16 heavy (non-hydrogen) atoms. The molecule has 0 unspecified atom stereocenters. The summed E-state index contributed by atoms with van der Waals surface area (Å²) in [6.45, 7) is 2.15. The van der Waals surface area contributed by atoms with Crippen LogP contribution in [0.4, 0.5) is 0 Å². The zero-order valence-corrected chi connectivity index (χ0v) is 10.1. The van der Waals surface area contributed by atoms with Crippen LogP contribution in [0.25, 0.3) is 10.9 Å². The number of fused-ring (bicyclic) bond motifs is 1. The van der Waals surface area contributed by atoms with E-state index in [1.54, 1.807) is 0 Å². The molecule has 0 radical (unpaired) electrons. The molecule has 0 saturated carbocycles. The second kappa shape index (κ2) is 5.34. The number of benzene rings is 1. The van der Waals surface area contributed by atoms with Crippen molar-refractivity contribution in [1.82, 2.24) is 4.98 Å². The van der Waals surface area contributed by atoms with Crippen LogP contribution in [-0.4, -0.2) is 16.7 Å². The van der Waals surface area contributed by atoms with Crippen LogP contribution in [0, 0.1) is 6.92 Å². The Hall–Kier alpha value is -1.03. The van der Waals surface area contributed by atoms with Crippen LogP contribution in [0.5, 0.6) is 0 Å². The molecule has 0 spiro atoms. The first-order chi connectivity index (χ1) is 7.24. The van der Waals surface area contributed by atoms with Crippen molar-refractivity contribution in [2.45, 2.75) is 19.4 Å². The van der Waals surface area contributed by atoms with E-state index in [1.165, 1.54) is 0 Å². The molecule has 1 atom stereocenters. The lowest BCUT2D eigenvalue weighted by Gasteiger charge is -2.10. The second-order valence-electron chi connectivity index (χ2n) is 3.83. The van der Waals surface area contributed by atoms with Gasteiger partial charge in [0.15, 0.2) is 0 Å². The van der Waals surface area contributed by atoms with Crippen LogP contribution in [0.2, 0.25) is 0 Å². The molecule has 2 rings (SSSR count). The molecule has 3 nitrogen and oxygen atoms in total. The normalized spacial score (nSPS) is 12.4. The van der Waals surface area contributed by atoms with E-state index < -0.39 is 0 Å². The van der Waals surface area contributed by atoms with Gasteiger partial charge in [0, 0.05) is 29.2 Å². The van der Waals surface area contributed by atoms with Crippen LogP contribution in [0.1, 0.15) is 23.7 Å². The van der Waals surface area contributed by atoms with E-state index >= 15 is 0 Å². The van der Waals surface area contributed by atoms with Crippen molar-refractivity contribution in [2.75, 3.05) is 6.61 Å². The van der Waals surface area contributed by atoms with Crippen molar-refractivity contribution in [3.05, 3.63) is 35.5 Å². The Balaban J connectivity index is 0.00000128. The lowest BCUT2D eigenvalue weighted by atomic mass is 10.0. The molecule has 0 fully saturated rings. The summed E-state index contributed by atoms with van der Waals surface area (Å²) >= 11 is 0. The quantitative estimate of drug-likeness (QED) is 0.771. The number of H-pyrrole nitrogens is 1. The number of nitrogens with one attached hydrogen (secondary N) is 1. The van der Waals surface area contributed by atoms with E-state index in [9.17, 15) is 0 Å². The predicted molar refractivity (Wildman–Crippen MR) is 68.9 cm³/mol. The van der Waals surface area contributed by atoms with E-state index in [-0.39, 0.29) is 25.1 Å². The molecule has 2 aromatic rings. The third-order valence-electron chi connectivity index (χ3n) is 2.75. The molecule has 1 aromatic heterocycles. The summed E-state index contributed by atoms with van der Waals surface area (Å²) in [7, 11) is 0. The van der Waals surface area contributed by atoms with Crippen LogP contribution in [0.3, 0.4) is 0 Å². The first kappa shape index (κ1) is 13.0. The zero-order valence-electron chi connectivity index (χ0n) is 9.23. The molecule has 4 heteroatoms. The minimum atomic E-state index is -0.0915. The molecule has 0 bridgehead atoms.